The minimum atomic E-state index is -0.136. The van der Waals surface area contributed by atoms with Crippen molar-refractivity contribution < 1.29 is 4.79 Å². The number of thioether (sulfide) groups is 1. The van der Waals surface area contributed by atoms with Gasteiger partial charge in [-0.25, -0.2) is 4.98 Å². The standard InChI is InChI=1S/C26H25N3O2S/c1-4-19-9-5-7-11-21(19)27-24(30)16-32-26-28-22-12-8-6-10-20(22)25(31)29(26)23-15-17(2)13-14-18(23)3/h5-15H,4,16H2,1-3H3,(H,27,30). The van der Waals surface area contributed by atoms with E-state index >= 15 is 0 Å². The van der Waals surface area contributed by atoms with E-state index in [2.05, 4.69) is 12.2 Å². The van der Waals surface area contributed by atoms with Crippen LogP contribution in [0.5, 0.6) is 0 Å². The smallest absolute Gasteiger partial charge is 0.266 e. The molecule has 0 unspecified atom stereocenters. The molecule has 5 nitrogen and oxygen atoms in total. The van der Waals surface area contributed by atoms with Gasteiger partial charge >= 0.3 is 0 Å². The third-order valence-electron chi connectivity index (χ3n) is 5.36. The molecule has 32 heavy (non-hydrogen) atoms. The Morgan fingerprint density at radius 1 is 1.03 bits per heavy atom. The first-order chi connectivity index (χ1) is 15.5. The first-order valence-electron chi connectivity index (χ1n) is 10.6. The third kappa shape index (κ3) is 4.46. The van der Waals surface area contributed by atoms with Crippen molar-refractivity contribution >= 4 is 34.3 Å². The van der Waals surface area contributed by atoms with E-state index in [-0.39, 0.29) is 17.2 Å². The summed E-state index contributed by atoms with van der Waals surface area (Å²) in [6, 6.07) is 21.1. The van der Waals surface area contributed by atoms with Gasteiger partial charge in [-0.2, -0.15) is 0 Å². The fourth-order valence-electron chi connectivity index (χ4n) is 3.65. The lowest BCUT2D eigenvalue weighted by Crippen LogP contribution is -2.23. The molecule has 1 amide bonds. The average molecular weight is 444 g/mol. The van der Waals surface area contributed by atoms with Crippen molar-refractivity contribution in [2.75, 3.05) is 11.1 Å². The molecule has 0 spiro atoms. The van der Waals surface area contributed by atoms with E-state index in [1.54, 1.807) is 10.6 Å². The van der Waals surface area contributed by atoms with Crippen LogP contribution in [0.4, 0.5) is 5.69 Å². The van der Waals surface area contributed by atoms with Gasteiger partial charge in [0.05, 0.1) is 22.3 Å². The molecule has 0 aliphatic carbocycles. The van der Waals surface area contributed by atoms with E-state index in [0.29, 0.717) is 16.1 Å². The minimum Gasteiger partial charge on any atom is -0.325 e. The van der Waals surface area contributed by atoms with Gasteiger partial charge in [0.1, 0.15) is 0 Å². The molecule has 0 radical (unpaired) electrons. The molecule has 1 heterocycles. The summed E-state index contributed by atoms with van der Waals surface area (Å²) in [6.07, 6.45) is 0.835. The van der Waals surface area contributed by atoms with E-state index in [4.69, 9.17) is 4.98 Å². The van der Waals surface area contributed by atoms with Gasteiger partial charge in [-0.05, 0) is 61.2 Å². The van der Waals surface area contributed by atoms with Gasteiger partial charge in [0.2, 0.25) is 5.91 Å². The predicted octanol–water partition coefficient (Wildman–Crippen LogP) is 5.30. The molecule has 6 heteroatoms. The van der Waals surface area contributed by atoms with E-state index in [9.17, 15) is 9.59 Å². The number of para-hydroxylation sites is 2. The zero-order chi connectivity index (χ0) is 22.7. The SMILES string of the molecule is CCc1ccccc1NC(=O)CSc1nc2ccccc2c(=O)n1-c1cc(C)ccc1C. The highest BCUT2D eigenvalue weighted by Gasteiger charge is 2.16. The van der Waals surface area contributed by atoms with Crippen molar-refractivity contribution in [3.05, 3.63) is 93.8 Å². The molecule has 0 fully saturated rings. The summed E-state index contributed by atoms with van der Waals surface area (Å²) in [7, 11) is 0. The topological polar surface area (TPSA) is 64.0 Å². The van der Waals surface area contributed by atoms with Crippen molar-refractivity contribution in [3.8, 4) is 5.69 Å². The van der Waals surface area contributed by atoms with Gasteiger partial charge < -0.3 is 5.32 Å². The largest absolute Gasteiger partial charge is 0.325 e. The zero-order valence-corrected chi connectivity index (χ0v) is 19.2. The second-order valence-corrected chi connectivity index (χ2v) is 8.63. The summed E-state index contributed by atoms with van der Waals surface area (Å²) < 4.78 is 1.63. The van der Waals surface area contributed by atoms with Crippen LogP contribution in [0, 0.1) is 13.8 Å². The molecule has 0 saturated carbocycles. The number of fused-ring (bicyclic) bond motifs is 1. The number of nitrogens with one attached hydrogen (secondary N) is 1. The molecule has 1 N–H and O–H groups in total. The molecule has 0 aliphatic rings. The number of amides is 1. The van der Waals surface area contributed by atoms with Crippen LogP contribution >= 0.6 is 11.8 Å². The minimum absolute atomic E-state index is 0.133. The third-order valence-corrected chi connectivity index (χ3v) is 6.29. The van der Waals surface area contributed by atoms with Crippen LogP contribution in [0.3, 0.4) is 0 Å². The molecule has 1 aromatic heterocycles. The highest BCUT2D eigenvalue weighted by molar-refractivity contribution is 7.99. The fraction of sp³-hybridized carbons (Fsp3) is 0.192. The van der Waals surface area contributed by atoms with Gasteiger partial charge in [-0.3, -0.25) is 14.2 Å². The average Bonchev–Trinajstić information content (AvgIpc) is 2.80. The monoisotopic (exact) mass is 443 g/mol. The normalized spacial score (nSPS) is 11.0. The maximum atomic E-state index is 13.4. The van der Waals surface area contributed by atoms with Gasteiger partial charge in [-0.15, -0.1) is 0 Å². The maximum absolute atomic E-state index is 13.4. The van der Waals surface area contributed by atoms with Gasteiger partial charge in [-0.1, -0.05) is 61.2 Å². The second kappa shape index (κ2) is 9.40. The highest BCUT2D eigenvalue weighted by Crippen LogP contribution is 2.24. The Bertz CT molecular complexity index is 1360. The Labute approximate surface area is 191 Å². The summed E-state index contributed by atoms with van der Waals surface area (Å²) in [5, 5.41) is 4.04. The Morgan fingerprint density at radius 3 is 2.59 bits per heavy atom. The van der Waals surface area contributed by atoms with Crippen LogP contribution in [0.2, 0.25) is 0 Å². The van der Waals surface area contributed by atoms with Crippen LogP contribution < -0.4 is 10.9 Å². The Kier molecular flexibility index (Phi) is 6.42. The molecule has 0 aliphatic heterocycles. The van der Waals surface area contributed by atoms with Crippen molar-refractivity contribution in [2.45, 2.75) is 32.3 Å². The van der Waals surface area contributed by atoms with Crippen molar-refractivity contribution in [2.24, 2.45) is 0 Å². The molecule has 0 saturated heterocycles. The number of anilines is 1. The predicted molar refractivity (Wildman–Crippen MR) is 132 cm³/mol. The quantitative estimate of drug-likeness (QED) is 0.325. The lowest BCUT2D eigenvalue weighted by atomic mass is 10.1. The molecule has 0 bridgehead atoms. The number of benzene rings is 3. The lowest BCUT2D eigenvalue weighted by molar-refractivity contribution is -0.113. The van der Waals surface area contributed by atoms with Crippen LogP contribution in [0.1, 0.15) is 23.6 Å². The Hall–Kier alpha value is -3.38. The van der Waals surface area contributed by atoms with Crippen LogP contribution in [0.15, 0.2) is 76.7 Å². The van der Waals surface area contributed by atoms with Crippen LogP contribution in [0.25, 0.3) is 16.6 Å². The number of hydrogen-bond acceptors (Lipinski definition) is 4. The van der Waals surface area contributed by atoms with Gasteiger partial charge in [0.15, 0.2) is 5.16 Å². The number of aryl methyl sites for hydroxylation is 3. The van der Waals surface area contributed by atoms with Crippen molar-refractivity contribution in [1.82, 2.24) is 9.55 Å². The number of nitrogens with zero attached hydrogens (tertiary/aromatic N) is 2. The number of rotatable bonds is 6. The number of aromatic nitrogens is 2. The summed E-state index contributed by atoms with van der Waals surface area (Å²) in [4.78, 5) is 30.9. The molecule has 162 valence electrons. The Morgan fingerprint density at radius 2 is 1.78 bits per heavy atom. The van der Waals surface area contributed by atoms with Crippen LogP contribution in [-0.4, -0.2) is 21.2 Å². The van der Waals surface area contributed by atoms with Crippen molar-refractivity contribution in [1.29, 1.82) is 0 Å². The zero-order valence-electron chi connectivity index (χ0n) is 18.4. The molecule has 4 rings (SSSR count). The fourth-order valence-corrected chi connectivity index (χ4v) is 4.45. The highest BCUT2D eigenvalue weighted by atomic mass is 32.2. The molecule has 4 aromatic rings. The van der Waals surface area contributed by atoms with Gasteiger partial charge in [0.25, 0.3) is 5.56 Å². The summed E-state index contributed by atoms with van der Waals surface area (Å²) >= 11 is 1.27. The molecule has 0 atom stereocenters. The Balaban J connectivity index is 1.71. The van der Waals surface area contributed by atoms with E-state index in [1.165, 1.54) is 11.8 Å². The van der Waals surface area contributed by atoms with E-state index in [1.807, 2.05) is 74.5 Å². The first-order valence-corrected chi connectivity index (χ1v) is 11.6. The summed E-state index contributed by atoms with van der Waals surface area (Å²) in [6.45, 7) is 6.02. The van der Waals surface area contributed by atoms with Crippen molar-refractivity contribution in [3.63, 3.8) is 0 Å². The summed E-state index contributed by atoms with van der Waals surface area (Å²) in [5.41, 5.74) is 5.20. The molecular formula is C26H25N3O2S. The van der Waals surface area contributed by atoms with Crippen LogP contribution in [-0.2, 0) is 11.2 Å². The molecular weight excluding hydrogens is 418 g/mol. The first kappa shape index (κ1) is 21.8. The van der Waals surface area contributed by atoms with E-state index < -0.39 is 0 Å². The maximum Gasteiger partial charge on any atom is 0.266 e. The van der Waals surface area contributed by atoms with E-state index in [0.717, 1.165) is 34.5 Å². The van der Waals surface area contributed by atoms with Gasteiger partial charge in [0, 0.05) is 5.69 Å². The number of carbonyl (C=O) groups excluding carboxylic acids is 1. The number of carbonyl (C=O) groups is 1. The lowest BCUT2D eigenvalue weighted by Gasteiger charge is -2.16. The summed E-state index contributed by atoms with van der Waals surface area (Å²) in [5.74, 6) is 0.0130. The molecule has 3 aromatic carbocycles. The number of hydrogen-bond donors (Lipinski definition) is 1. The second-order valence-electron chi connectivity index (χ2n) is 7.69.